The van der Waals surface area contributed by atoms with E-state index in [1.54, 1.807) is 104 Å². The highest BCUT2D eigenvalue weighted by Gasteiger charge is 2.11. The van der Waals surface area contributed by atoms with Crippen LogP contribution in [-0.2, 0) is 0 Å². The number of hydrogen-bond donors (Lipinski definition) is 1. The maximum Gasteiger partial charge on any atom is 0.255 e. The maximum absolute atomic E-state index is 12.9. The van der Waals surface area contributed by atoms with Crippen LogP contribution in [0.4, 0.5) is 5.69 Å². The summed E-state index contributed by atoms with van der Waals surface area (Å²) in [6.45, 7) is 0. The van der Waals surface area contributed by atoms with E-state index < -0.39 is 0 Å². The molecule has 5 rings (SSSR count). The third-order valence-corrected chi connectivity index (χ3v) is 5.13. The van der Waals surface area contributed by atoms with Crippen LogP contribution >= 0.6 is 0 Å². The van der Waals surface area contributed by atoms with Gasteiger partial charge in [0.25, 0.3) is 5.91 Å². The Hall–Kier alpha value is -5.22. The second-order valence-electron chi connectivity index (χ2n) is 7.55. The molecule has 0 saturated carbocycles. The van der Waals surface area contributed by atoms with Crippen molar-refractivity contribution in [2.75, 3.05) is 5.32 Å². The summed E-state index contributed by atoms with van der Waals surface area (Å²) in [5, 5.41) is 12.8. The largest absolute Gasteiger partial charge is 0.457 e. The summed E-state index contributed by atoms with van der Waals surface area (Å²) in [7, 11) is 0. The van der Waals surface area contributed by atoms with Crippen LogP contribution < -0.4 is 14.8 Å². The second kappa shape index (κ2) is 9.73. The molecule has 2 aromatic heterocycles. The van der Waals surface area contributed by atoms with Crippen molar-refractivity contribution >= 4 is 22.5 Å². The molecule has 3 aromatic carbocycles. The zero-order valence-electron chi connectivity index (χ0n) is 18.4. The van der Waals surface area contributed by atoms with Gasteiger partial charge in [-0.1, -0.05) is 12.1 Å². The van der Waals surface area contributed by atoms with Crippen LogP contribution in [0.3, 0.4) is 0 Å². The molecular formula is C28H18N4O3. The predicted molar refractivity (Wildman–Crippen MR) is 132 cm³/mol. The summed E-state index contributed by atoms with van der Waals surface area (Å²) in [6, 6.07) is 26.6. The molecule has 0 aliphatic carbocycles. The molecule has 168 valence electrons. The summed E-state index contributed by atoms with van der Waals surface area (Å²) in [5.74, 6) is 1.99. The maximum atomic E-state index is 12.9. The van der Waals surface area contributed by atoms with E-state index in [0.717, 1.165) is 0 Å². The Bertz CT molecular complexity index is 1560. The minimum Gasteiger partial charge on any atom is -0.457 e. The van der Waals surface area contributed by atoms with E-state index in [-0.39, 0.29) is 5.91 Å². The molecule has 0 spiro atoms. The lowest BCUT2D eigenvalue weighted by atomic mass is 10.1. The van der Waals surface area contributed by atoms with E-state index in [9.17, 15) is 10.1 Å². The Labute approximate surface area is 201 Å². The molecule has 0 atom stereocenters. The first kappa shape index (κ1) is 21.6. The van der Waals surface area contributed by atoms with Crippen LogP contribution in [0.2, 0.25) is 0 Å². The highest BCUT2D eigenvalue weighted by molar-refractivity contribution is 6.04. The summed E-state index contributed by atoms with van der Waals surface area (Å²) in [5.41, 5.74) is 2.25. The number of rotatable bonds is 6. The first-order valence-corrected chi connectivity index (χ1v) is 10.7. The smallest absolute Gasteiger partial charge is 0.255 e. The monoisotopic (exact) mass is 458 g/mol. The van der Waals surface area contributed by atoms with Crippen molar-refractivity contribution < 1.29 is 14.3 Å². The topological polar surface area (TPSA) is 97.1 Å². The molecule has 7 heteroatoms. The first-order chi connectivity index (χ1) is 17.2. The average Bonchev–Trinajstić information content (AvgIpc) is 2.89. The third-order valence-electron chi connectivity index (χ3n) is 5.13. The lowest BCUT2D eigenvalue weighted by Gasteiger charge is -2.11. The normalized spacial score (nSPS) is 10.4. The standard InChI is InChI=1S/C28H18N4O3/c29-18-19-7-8-26-25(15-19)27(11-14-31-26)35-23-5-1-3-20(16-23)28(33)32-21-4-2-6-24(17-21)34-22-9-12-30-13-10-22/h1-17H,(H,32,33). The molecule has 1 amide bonds. The summed E-state index contributed by atoms with van der Waals surface area (Å²) >= 11 is 0. The molecule has 0 bridgehead atoms. The number of pyridine rings is 2. The number of hydrogen-bond acceptors (Lipinski definition) is 6. The molecule has 0 saturated heterocycles. The summed E-state index contributed by atoms with van der Waals surface area (Å²) in [6.07, 6.45) is 4.93. The first-order valence-electron chi connectivity index (χ1n) is 10.7. The van der Waals surface area contributed by atoms with Crippen LogP contribution in [0.25, 0.3) is 10.9 Å². The summed E-state index contributed by atoms with van der Waals surface area (Å²) < 4.78 is 11.9. The van der Waals surface area contributed by atoms with E-state index in [1.807, 2.05) is 0 Å². The number of ether oxygens (including phenoxy) is 2. The Morgan fingerprint density at radius 3 is 2.43 bits per heavy atom. The number of nitrogens with zero attached hydrogens (tertiary/aromatic N) is 3. The Morgan fingerprint density at radius 2 is 1.60 bits per heavy atom. The van der Waals surface area contributed by atoms with E-state index in [1.165, 1.54) is 0 Å². The number of fused-ring (bicyclic) bond motifs is 1. The fourth-order valence-corrected chi connectivity index (χ4v) is 3.49. The minimum absolute atomic E-state index is 0.289. The number of nitrogens with one attached hydrogen (secondary N) is 1. The van der Waals surface area contributed by atoms with Crippen molar-refractivity contribution in [3.63, 3.8) is 0 Å². The Balaban J connectivity index is 1.33. The summed E-state index contributed by atoms with van der Waals surface area (Å²) in [4.78, 5) is 21.2. The number of amides is 1. The van der Waals surface area contributed by atoms with Gasteiger partial charge in [-0.05, 0) is 66.7 Å². The number of anilines is 1. The number of benzene rings is 3. The Kier molecular flexibility index (Phi) is 6.01. The quantitative estimate of drug-likeness (QED) is 0.319. The van der Waals surface area contributed by atoms with Crippen molar-refractivity contribution in [1.29, 1.82) is 5.26 Å². The molecule has 35 heavy (non-hydrogen) atoms. The predicted octanol–water partition coefficient (Wildman–Crippen LogP) is 6.34. The van der Waals surface area contributed by atoms with Gasteiger partial charge in [-0.25, -0.2) is 0 Å². The van der Waals surface area contributed by atoms with E-state index >= 15 is 0 Å². The van der Waals surface area contributed by atoms with Gasteiger partial charge in [0, 0.05) is 41.3 Å². The van der Waals surface area contributed by atoms with Gasteiger partial charge in [0.05, 0.1) is 17.1 Å². The molecule has 0 aliphatic heterocycles. The molecule has 0 radical (unpaired) electrons. The van der Waals surface area contributed by atoms with Gasteiger partial charge in [-0.15, -0.1) is 0 Å². The molecule has 5 aromatic rings. The highest BCUT2D eigenvalue weighted by Crippen LogP contribution is 2.30. The van der Waals surface area contributed by atoms with Crippen LogP contribution in [0.1, 0.15) is 15.9 Å². The van der Waals surface area contributed by atoms with E-state index in [4.69, 9.17) is 9.47 Å². The zero-order chi connectivity index (χ0) is 24.0. The zero-order valence-corrected chi connectivity index (χ0v) is 18.4. The van der Waals surface area contributed by atoms with Crippen LogP contribution in [-0.4, -0.2) is 15.9 Å². The molecule has 0 aliphatic rings. The number of carbonyl (C=O) groups excluding carboxylic acids is 1. The van der Waals surface area contributed by atoms with E-state index in [2.05, 4.69) is 21.4 Å². The van der Waals surface area contributed by atoms with Crippen LogP contribution in [0.5, 0.6) is 23.0 Å². The molecule has 1 N–H and O–H groups in total. The van der Waals surface area contributed by atoms with Gasteiger partial charge in [-0.2, -0.15) is 5.26 Å². The lowest BCUT2D eigenvalue weighted by Crippen LogP contribution is -2.11. The van der Waals surface area contributed by atoms with Crippen molar-refractivity contribution in [2.24, 2.45) is 0 Å². The van der Waals surface area contributed by atoms with Crippen molar-refractivity contribution in [3.05, 3.63) is 115 Å². The van der Waals surface area contributed by atoms with Gasteiger partial charge >= 0.3 is 0 Å². The van der Waals surface area contributed by atoms with Crippen LogP contribution in [0.15, 0.2) is 104 Å². The minimum atomic E-state index is -0.289. The van der Waals surface area contributed by atoms with Gasteiger partial charge in [0.15, 0.2) is 0 Å². The number of aromatic nitrogens is 2. The molecule has 0 fully saturated rings. The Morgan fingerprint density at radius 1 is 0.800 bits per heavy atom. The van der Waals surface area contributed by atoms with Gasteiger partial charge in [0.2, 0.25) is 0 Å². The number of nitriles is 1. The highest BCUT2D eigenvalue weighted by atomic mass is 16.5. The molecule has 0 unspecified atom stereocenters. The fourth-order valence-electron chi connectivity index (χ4n) is 3.49. The van der Waals surface area contributed by atoms with Crippen molar-refractivity contribution in [3.8, 4) is 29.1 Å². The van der Waals surface area contributed by atoms with Crippen LogP contribution in [0, 0.1) is 11.3 Å². The lowest BCUT2D eigenvalue weighted by molar-refractivity contribution is 0.102. The second-order valence-corrected chi connectivity index (χ2v) is 7.55. The van der Waals surface area contributed by atoms with Crippen molar-refractivity contribution in [2.45, 2.75) is 0 Å². The van der Waals surface area contributed by atoms with Crippen molar-refractivity contribution in [1.82, 2.24) is 9.97 Å². The molecule has 7 nitrogen and oxygen atoms in total. The molecule has 2 heterocycles. The van der Waals surface area contributed by atoms with Gasteiger partial charge in [-0.3, -0.25) is 14.8 Å². The SMILES string of the molecule is N#Cc1ccc2nccc(Oc3cccc(C(=O)Nc4cccc(Oc5ccncc5)c4)c3)c2c1. The van der Waals surface area contributed by atoms with Gasteiger partial charge in [0.1, 0.15) is 23.0 Å². The van der Waals surface area contributed by atoms with Gasteiger partial charge < -0.3 is 14.8 Å². The fraction of sp³-hybridized carbons (Fsp3) is 0. The van der Waals surface area contributed by atoms with E-state index in [0.29, 0.717) is 50.7 Å². The molecular weight excluding hydrogens is 440 g/mol. The third kappa shape index (κ3) is 5.07. The average molecular weight is 458 g/mol. The number of carbonyl (C=O) groups is 1.